The van der Waals surface area contributed by atoms with Gasteiger partial charge in [-0.15, -0.1) is 0 Å². The number of rotatable bonds is 8. The molecule has 1 aromatic heterocycles. The third-order valence-corrected chi connectivity index (χ3v) is 4.36. The molecule has 0 atom stereocenters. The molecule has 6 nitrogen and oxygen atoms in total. The van der Waals surface area contributed by atoms with Gasteiger partial charge in [-0.25, -0.2) is 0 Å². The predicted molar refractivity (Wildman–Crippen MR) is 98.5 cm³/mol. The zero-order valence-electron chi connectivity index (χ0n) is 14.6. The number of nitrogens with one attached hydrogen (secondary N) is 1. The Kier molecular flexibility index (Phi) is 6.12. The summed E-state index contributed by atoms with van der Waals surface area (Å²) in [5, 5.41) is 7.08. The number of thioether (sulfide) groups is 1. The largest absolute Gasteiger partial charge is 0.493 e. The quantitative estimate of drug-likeness (QED) is 0.557. The third kappa shape index (κ3) is 4.88. The maximum absolute atomic E-state index is 12.3. The molecule has 0 radical (unpaired) electrons. The fourth-order valence-electron chi connectivity index (χ4n) is 2.35. The van der Waals surface area contributed by atoms with Crippen molar-refractivity contribution in [1.82, 2.24) is 10.1 Å². The lowest BCUT2D eigenvalue weighted by atomic mass is 10.2. The number of aromatic nitrogens is 2. The van der Waals surface area contributed by atoms with E-state index in [9.17, 15) is 8.78 Å². The highest BCUT2D eigenvalue weighted by Gasteiger charge is 2.12. The molecule has 1 N–H and O–H groups in total. The second-order valence-electron chi connectivity index (χ2n) is 5.34. The maximum atomic E-state index is 12.3. The Balaban J connectivity index is 1.64. The van der Waals surface area contributed by atoms with E-state index in [2.05, 4.69) is 15.5 Å². The van der Waals surface area contributed by atoms with Crippen LogP contribution in [0.15, 0.2) is 51.9 Å². The van der Waals surface area contributed by atoms with Crippen molar-refractivity contribution in [2.45, 2.75) is 17.2 Å². The highest BCUT2D eigenvalue weighted by molar-refractivity contribution is 7.99. The summed E-state index contributed by atoms with van der Waals surface area (Å²) in [6.45, 7) is 0.307. The first-order valence-electron chi connectivity index (χ1n) is 7.93. The zero-order valence-corrected chi connectivity index (χ0v) is 15.4. The summed E-state index contributed by atoms with van der Waals surface area (Å²) in [5.41, 5.74) is 1.50. The smallest absolute Gasteiger partial charge is 0.288 e. The van der Waals surface area contributed by atoms with Gasteiger partial charge in [0.25, 0.3) is 5.76 Å². The van der Waals surface area contributed by atoms with Gasteiger partial charge in [0.05, 0.1) is 20.8 Å². The standard InChI is InChI=1S/C18H17F2N3O3S/c1-24-14-8-3-11(9-15(14)25-2)17-22-16(26-23-17)10-21-12-4-6-13(7-5-12)27-18(19)20/h3-9,18,21H,10H2,1-2H3. The number of anilines is 1. The molecule has 0 unspecified atom stereocenters. The first kappa shape index (κ1) is 19.0. The molecule has 3 rings (SSSR count). The molecule has 0 bridgehead atoms. The Morgan fingerprint density at radius 2 is 1.81 bits per heavy atom. The number of hydrogen-bond donors (Lipinski definition) is 1. The molecular weight excluding hydrogens is 376 g/mol. The maximum Gasteiger partial charge on any atom is 0.288 e. The fraction of sp³-hybridized carbons (Fsp3) is 0.222. The number of hydrogen-bond acceptors (Lipinski definition) is 7. The van der Waals surface area contributed by atoms with Crippen LogP contribution in [0.25, 0.3) is 11.4 Å². The topological polar surface area (TPSA) is 69.4 Å². The summed E-state index contributed by atoms with van der Waals surface area (Å²) in [5.74, 6) is -0.430. The molecular formula is C18H17F2N3O3S. The van der Waals surface area contributed by atoms with Gasteiger partial charge in [-0.2, -0.15) is 13.8 Å². The highest BCUT2D eigenvalue weighted by atomic mass is 32.2. The van der Waals surface area contributed by atoms with Crippen LogP contribution in [0, 0.1) is 0 Å². The van der Waals surface area contributed by atoms with E-state index >= 15 is 0 Å². The summed E-state index contributed by atoms with van der Waals surface area (Å²) >= 11 is 0.507. The lowest BCUT2D eigenvalue weighted by molar-refractivity contribution is 0.252. The van der Waals surface area contributed by atoms with Crippen LogP contribution in [0.5, 0.6) is 11.5 Å². The minimum Gasteiger partial charge on any atom is -0.493 e. The summed E-state index contributed by atoms with van der Waals surface area (Å²) in [4.78, 5) is 4.85. The normalized spacial score (nSPS) is 10.9. The minimum absolute atomic E-state index is 0.307. The number of halogens is 2. The van der Waals surface area contributed by atoms with Gasteiger partial charge in [0.2, 0.25) is 11.7 Å². The molecule has 142 valence electrons. The molecule has 0 saturated heterocycles. The van der Waals surface area contributed by atoms with Crippen LogP contribution >= 0.6 is 11.8 Å². The van der Waals surface area contributed by atoms with E-state index in [1.165, 1.54) is 0 Å². The van der Waals surface area contributed by atoms with Crippen LogP contribution in [-0.4, -0.2) is 30.1 Å². The summed E-state index contributed by atoms with van der Waals surface area (Å²) in [6.07, 6.45) is 0. The molecule has 1 heterocycles. The minimum atomic E-state index is -2.43. The number of alkyl halides is 2. The van der Waals surface area contributed by atoms with Gasteiger partial charge in [-0.1, -0.05) is 16.9 Å². The Bertz CT molecular complexity index is 888. The van der Waals surface area contributed by atoms with E-state index in [0.29, 0.717) is 46.4 Å². The second kappa shape index (κ2) is 8.72. The third-order valence-electron chi connectivity index (χ3n) is 3.63. The van der Waals surface area contributed by atoms with E-state index in [0.717, 1.165) is 11.3 Å². The molecule has 9 heteroatoms. The Labute approximate surface area is 158 Å². The van der Waals surface area contributed by atoms with Crippen molar-refractivity contribution < 1.29 is 22.8 Å². The fourth-order valence-corrected chi connectivity index (χ4v) is 2.85. The molecule has 0 aliphatic heterocycles. The van der Waals surface area contributed by atoms with Crippen LogP contribution in [-0.2, 0) is 6.54 Å². The Morgan fingerprint density at radius 3 is 2.48 bits per heavy atom. The van der Waals surface area contributed by atoms with E-state index in [4.69, 9.17) is 14.0 Å². The van der Waals surface area contributed by atoms with E-state index in [1.807, 2.05) is 6.07 Å². The second-order valence-corrected chi connectivity index (χ2v) is 6.40. The monoisotopic (exact) mass is 393 g/mol. The number of ether oxygens (including phenoxy) is 2. The molecule has 0 aliphatic carbocycles. The first-order valence-corrected chi connectivity index (χ1v) is 8.80. The van der Waals surface area contributed by atoms with Crippen LogP contribution < -0.4 is 14.8 Å². The van der Waals surface area contributed by atoms with Crippen LogP contribution in [0.1, 0.15) is 5.89 Å². The molecule has 27 heavy (non-hydrogen) atoms. The van der Waals surface area contributed by atoms with Crippen molar-refractivity contribution in [3.05, 3.63) is 48.4 Å². The number of benzene rings is 2. The molecule has 3 aromatic rings. The van der Waals surface area contributed by atoms with Crippen molar-refractivity contribution in [2.75, 3.05) is 19.5 Å². The van der Waals surface area contributed by atoms with Crippen molar-refractivity contribution in [2.24, 2.45) is 0 Å². The van der Waals surface area contributed by atoms with Gasteiger partial charge in [0.15, 0.2) is 11.5 Å². The summed E-state index contributed by atoms with van der Waals surface area (Å²) in [7, 11) is 3.12. The van der Waals surface area contributed by atoms with Gasteiger partial charge < -0.3 is 19.3 Å². The van der Waals surface area contributed by atoms with Crippen molar-refractivity contribution >= 4 is 17.4 Å². The summed E-state index contributed by atoms with van der Waals surface area (Å²) < 4.78 is 40.4. The van der Waals surface area contributed by atoms with Gasteiger partial charge in [-0.3, -0.25) is 0 Å². The van der Waals surface area contributed by atoms with Gasteiger partial charge >= 0.3 is 0 Å². The van der Waals surface area contributed by atoms with E-state index < -0.39 is 5.76 Å². The van der Waals surface area contributed by atoms with Gasteiger partial charge in [0.1, 0.15) is 0 Å². The lowest BCUT2D eigenvalue weighted by Crippen LogP contribution is -1.99. The molecule has 0 fully saturated rings. The van der Waals surface area contributed by atoms with Gasteiger partial charge in [-0.05, 0) is 42.5 Å². The van der Waals surface area contributed by atoms with E-state index in [-0.39, 0.29) is 0 Å². The van der Waals surface area contributed by atoms with Crippen LogP contribution in [0.3, 0.4) is 0 Å². The predicted octanol–water partition coefficient (Wildman–Crippen LogP) is 4.68. The molecule has 0 aliphatic rings. The Hall–Kier alpha value is -2.81. The average molecular weight is 393 g/mol. The van der Waals surface area contributed by atoms with Crippen molar-refractivity contribution in [1.29, 1.82) is 0 Å². The van der Waals surface area contributed by atoms with Crippen LogP contribution in [0.2, 0.25) is 0 Å². The first-order chi connectivity index (χ1) is 13.1. The van der Waals surface area contributed by atoms with Crippen molar-refractivity contribution in [3.8, 4) is 22.9 Å². The Morgan fingerprint density at radius 1 is 1.07 bits per heavy atom. The lowest BCUT2D eigenvalue weighted by Gasteiger charge is -2.07. The average Bonchev–Trinajstić information content (AvgIpc) is 3.15. The highest BCUT2D eigenvalue weighted by Crippen LogP contribution is 2.31. The number of methoxy groups -OCH3 is 2. The zero-order chi connectivity index (χ0) is 19.2. The van der Waals surface area contributed by atoms with Crippen LogP contribution in [0.4, 0.5) is 14.5 Å². The SMILES string of the molecule is COc1ccc(-c2noc(CNc3ccc(SC(F)F)cc3)n2)cc1OC. The number of nitrogens with zero attached hydrogens (tertiary/aromatic N) is 2. The molecule has 0 spiro atoms. The molecule has 0 amide bonds. The molecule has 2 aromatic carbocycles. The summed E-state index contributed by atoms with van der Waals surface area (Å²) in [6, 6.07) is 12.0. The molecule has 0 saturated carbocycles. The van der Waals surface area contributed by atoms with E-state index in [1.54, 1.807) is 50.6 Å². The van der Waals surface area contributed by atoms with Gasteiger partial charge in [0, 0.05) is 16.1 Å². The van der Waals surface area contributed by atoms with Crippen molar-refractivity contribution in [3.63, 3.8) is 0 Å².